The van der Waals surface area contributed by atoms with Gasteiger partial charge in [-0.05, 0) is 63.4 Å². The van der Waals surface area contributed by atoms with E-state index in [1.54, 1.807) is 7.11 Å². The predicted molar refractivity (Wildman–Crippen MR) is 87.1 cm³/mol. The largest absolute Gasteiger partial charge is 0.493 e. The minimum atomic E-state index is -0.213. The lowest BCUT2D eigenvalue weighted by atomic mass is 9.96. The number of piperidine rings is 1. The summed E-state index contributed by atoms with van der Waals surface area (Å²) in [5.41, 5.74) is 0.977. The molecular weight excluding hydrogens is 276 g/mol. The predicted octanol–water partition coefficient (Wildman–Crippen LogP) is 3.78. The Morgan fingerprint density at radius 2 is 1.91 bits per heavy atom. The minimum absolute atomic E-state index is 0.0927. The summed E-state index contributed by atoms with van der Waals surface area (Å²) in [6.45, 7) is 8.21. The van der Waals surface area contributed by atoms with Crippen LogP contribution in [0, 0.1) is 17.2 Å². The first-order valence-electron chi connectivity index (χ1n) is 8.03. The summed E-state index contributed by atoms with van der Waals surface area (Å²) in [5, 5.41) is 9.61. The van der Waals surface area contributed by atoms with Gasteiger partial charge in [-0.15, -0.1) is 0 Å². The van der Waals surface area contributed by atoms with E-state index in [2.05, 4.69) is 17.9 Å². The maximum Gasteiger partial charge on any atom is 0.161 e. The van der Waals surface area contributed by atoms with Gasteiger partial charge in [0, 0.05) is 0 Å². The standard InChI is InChI=1S/C18H26N2O2/c1-13(2)22-17-6-5-15(11-18(17)21-4)16(12-19)20-9-7-14(3)8-10-20/h5-6,11,13-14,16H,7-10H2,1-4H3. The molecule has 120 valence electrons. The molecule has 22 heavy (non-hydrogen) atoms. The van der Waals surface area contributed by atoms with Crippen molar-refractivity contribution in [1.82, 2.24) is 4.90 Å². The van der Waals surface area contributed by atoms with Gasteiger partial charge in [0.2, 0.25) is 0 Å². The second-order valence-electron chi connectivity index (χ2n) is 6.33. The Balaban J connectivity index is 2.21. The average molecular weight is 302 g/mol. The van der Waals surface area contributed by atoms with E-state index in [1.165, 1.54) is 0 Å². The van der Waals surface area contributed by atoms with Crippen LogP contribution in [0.3, 0.4) is 0 Å². The van der Waals surface area contributed by atoms with Gasteiger partial charge in [0.1, 0.15) is 6.04 Å². The van der Waals surface area contributed by atoms with Crippen molar-refractivity contribution in [2.75, 3.05) is 20.2 Å². The lowest BCUT2D eigenvalue weighted by Crippen LogP contribution is -2.35. The number of benzene rings is 1. The Labute approximate surface area is 133 Å². The second kappa shape index (κ2) is 7.51. The molecule has 0 saturated carbocycles. The number of ether oxygens (including phenoxy) is 2. The van der Waals surface area contributed by atoms with Crippen molar-refractivity contribution in [2.45, 2.75) is 45.8 Å². The highest BCUT2D eigenvalue weighted by Gasteiger charge is 2.25. The molecule has 1 aromatic carbocycles. The molecule has 1 aliphatic rings. The Kier molecular flexibility index (Phi) is 5.68. The molecule has 4 heteroatoms. The van der Waals surface area contributed by atoms with E-state index in [-0.39, 0.29) is 12.1 Å². The zero-order valence-electron chi connectivity index (χ0n) is 14.0. The van der Waals surface area contributed by atoms with Gasteiger partial charge in [-0.2, -0.15) is 5.26 Å². The van der Waals surface area contributed by atoms with Gasteiger partial charge in [-0.1, -0.05) is 13.0 Å². The van der Waals surface area contributed by atoms with Gasteiger partial charge >= 0.3 is 0 Å². The molecule has 1 aromatic rings. The SMILES string of the molecule is COc1cc(C(C#N)N2CCC(C)CC2)ccc1OC(C)C. The van der Waals surface area contributed by atoms with Gasteiger partial charge in [-0.25, -0.2) is 0 Å². The minimum Gasteiger partial charge on any atom is -0.493 e. The molecule has 1 heterocycles. The molecule has 1 unspecified atom stereocenters. The van der Waals surface area contributed by atoms with Crippen LogP contribution in [0.2, 0.25) is 0 Å². The third-order valence-electron chi connectivity index (χ3n) is 4.17. The molecular formula is C18H26N2O2. The van der Waals surface area contributed by atoms with E-state index >= 15 is 0 Å². The fourth-order valence-electron chi connectivity index (χ4n) is 2.86. The first kappa shape index (κ1) is 16.6. The molecule has 1 saturated heterocycles. The quantitative estimate of drug-likeness (QED) is 0.830. The first-order valence-corrected chi connectivity index (χ1v) is 8.03. The van der Waals surface area contributed by atoms with E-state index in [4.69, 9.17) is 9.47 Å². The molecule has 0 aliphatic carbocycles. The number of nitriles is 1. The van der Waals surface area contributed by atoms with Crippen molar-refractivity contribution >= 4 is 0 Å². The van der Waals surface area contributed by atoms with Crippen molar-refractivity contribution in [2.24, 2.45) is 5.92 Å². The van der Waals surface area contributed by atoms with E-state index in [1.807, 2.05) is 32.0 Å². The van der Waals surface area contributed by atoms with E-state index in [0.29, 0.717) is 5.75 Å². The number of methoxy groups -OCH3 is 1. The average Bonchev–Trinajstić information content (AvgIpc) is 2.50. The monoisotopic (exact) mass is 302 g/mol. The van der Waals surface area contributed by atoms with E-state index in [9.17, 15) is 5.26 Å². The second-order valence-corrected chi connectivity index (χ2v) is 6.33. The molecule has 0 bridgehead atoms. The van der Waals surface area contributed by atoms with E-state index in [0.717, 1.165) is 43.2 Å². The van der Waals surface area contributed by atoms with Gasteiger partial charge in [0.15, 0.2) is 11.5 Å². The summed E-state index contributed by atoms with van der Waals surface area (Å²) in [6.07, 6.45) is 2.41. The maximum absolute atomic E-state index is 9.61. The Hall–Kier alpha value is -1.73. The number of rotatable bonds is 5. The van der Waals surface area contributed by atoms with Crippen molar-refractivity contribution < 1.29 is 9.47 Å². The summed E-state index contributed by atoms with van der Waals surface area (Å²) in [6, 6.07) is 8.05. The molecule has 0 radical (unpaired) electrons. The summed E-state index contributed by atoms with van der Waals surface area (Å²) in [4.78, 5) is 2.26. The lowest BCUT2D eigenvalue weighted by Gasteiger charge is -2.33. The normalized spacial score (nSPS) is 18.0. The molecule has 1 fully saturated rings. The van der Waals surface area contributed by atoms with Crippen LogP contribution in [0.4, 0.5) is 0 Å². The topological polar surface area (TPSA) is 45.5 Å². The van der Waals surface area contributed by atoms with Crippen molar-refractivity contribution in [3.05, 3.63) is 23.8 Å². The van der Waals surface area contributed by atoms with Crippen LogP contribution < -0.4 is 9.47 Å². The van der Waals surface area contributed by atoms with Crippen LogP contribution in [-0.4, -0.2) is 31.2 Å². The molecule has 0 aromatic heterocycles. The van der Waals surface area contributed by atoms with Crippen molar-refractivity contribution in [1.29, 1.82) is 5.26 Å². The van der Waals surface area contributed by atoms with Crippen LogP contribution in [0.1, 0.15) is 45.2 Å². The summed E-state index contributed by atoms with van der Waals surface area (Å²) < 4.78 is 11.2. The molecule has 4 nitrogen and oxygen atoms in total. The van der Waals surface area contributed by atoms with E-state index < -0.39 is 0 Å². The molecule has 1 atom stereocenters. The Bertz CT molecular complexity index is 528. The number of hydrogen-bond donors (Lipinski definition) is 0. The highest BCUT2D eigenvalue weighted by atomic mass is 16.5. The van der Waals surface area contributed by atoms with Crippen molar-refractivity contribution in [3.8, 4) is 17.6 Å². The number of hydrogen-bond acceptors (Lipinski definition) is 4. The maximum atomic E-state index is 9.61. The van der Waals surface area contributed by atoms with Crippen LogP contribution >= 0.6 is 0 Å². The van der Waals surface area contributed by atoms with Crippen LogP contribution in [0.15, 0.2) is 18.2 Å². The lowest BCUT2D eigenvalue weighted by molar-refractivity contribution is 0.164. The zero-order valence-corrected chi connectivity index (χ0v) is 14.0. The van der Waals surface area contributed by atoms with Gasteiger partial charge in [0.05, 0.1) is 19.3 Å². The summed E-state index contributed by atoms with van der Waals surface area (Å²) in [5.74, 6) is 2.17. The van der Waals surface area contributed by atoms with Gasteiger partial charge < -0.3 is 9.47 Å². The molecule has 0 amide bonds. The third kappa shape index (κ3) is 3.92. The smallest absolute Gasteiger partial charge is 0.161 e. The van der Waals surface area contributed by atoms with Crippen LogP contribution in [0.5, 0.6) is 11.5 Å². The van der Waals surface area contributed by atoms with Crippen molar-refractivity contribution in [3.63, 3.8) is 0 Å². The fourth-order valence-corrected chi connectivity index (χ4v) is 2.86. The fraction of sp³-hybridized carbons (Fsp3) is 0.611. The zero-order chi connectivity index (χ0) is 16.1. The number of nitrogens with zero attached hydrogens (tertiary/aromatic N) is 2. The van der Waals surface area contributed by atoms with Gasteiger partial charge in [-0.3, -0.25) is 4.90 Å². The highest BCUT2D eigenvalue weighted by Crippen LogP contribution is 2.34. The Morgan fingerprint density at radius 3 is 2.45 bits per heavy atom. The van der Waals surface area contributed by atoms with Gasteiger partial charge in [0.25, 0.3) is 0 Å². The molecule has 0 spiro atoms. The molecule has 0 N–H and O–H groups in total. The summed E-state index contributed by atoms with van der Waals surface area (Å²) in [7, 11) is 1.64. The Morgan fingerprint density at radius 1 is 1.23 bits per heavy atom. The summed E-state index contributed by atoms with van der Waals surface area (Å²) >= 11 is 0. The van der Waals surface area contributed by atoms with Crippen LogP contribution in [-0.2, 0) is 0 Å². The first-order chi connectivity index (χ1) is 10.5. The third-order valence-corrected chi connectivity index (χ3v) is 4.17. The highest BCUT2D eigenvalue weighted by molar-refractivity contribution is 5.45. The van der Waals surface area contributed by atoms with Crippen LogP contribution in [0.25, 0.3) is 0 Å². The number of likely N-dealkylation sites (tertiary alicyclic amines) is 1. The molecule has 2 rings (SSSR count). The molecule has 1 aliphatic heterocycles.